The Morgan fingerprint density at radius 3 is 1.40 bits per heavy atom. The van der Waals surface area contributed by atoms with Gasteiger partial charge in [-0.1, -0.05) is 0 Å². The fraction of sp³-hybridized carbons (Fsp3) is 0.852. The Labute approximate surface area is 464 Å². The fourth-order valence-corrected chi connectivity index (χ4v) is 9.43. The Balaban J connectivity index is 0.00000273. The number of carboxylic acids is 2. The van der Waals surface area contributed by atoms with Crippen molar-refractivity contribution >= 4 is 131 Å². The van der Waals surface area contributed by atoms with Crippen molar-refractivity contribution in [1.82, 2.24) is 13.7 Å². The van der Waals surface area contributed by atoms with E-state index >= 15 is 0 Å². The fourth-order valence-electron chi connectivity index (χ4n) is 7.05. The first kappa shape index (κ1) is 71.3. The Hall–Kier alpha value is -1.79. The van der Waals surface area contributed by atoms with E-state index in [1.54, 1.807) is 0 Å². The van der Waals surface area contributed by atoms with Crippen molar-refractivity contribution in [3.63, 3.8) is 0 Å². The van der Waals surface area contributed by atoms with Crippen LogP contribution < -0.4 is 10.0 Å². The number of carbonyl (C=O) groups excluding carboxylic acids is 1. The molecule has 0 spiro atoms. The van der Waals surface area contributed by atoms with Crippen LogP contribution in [0.1, 0.15) is 6.92 Å². The average Bonchev–Trinajstić information content (AvgIpc) is 3.23. The maximum atomic E-state index is 12.7. The molecule has 4 fully saturated rings. The van der Waals surface area contributed by atoms with E-state index in [1.807, 2.05) is 5.32 Å². The van der Waals surface area contributed by atoms with Gasteiger partial charge in [-0.25, -0.2) is 31.1 Å². The number of carbonyl (C=O) groups is 4. The standard InChI is InChI=1S/C26H42N2O37S5.CH3NO2S2.Na.H/c1-4(30)27-7-9(31)13(6(56-23(7)39)3-55-67(43,44)45)58-26-19(65-70(52,53)54)12(34)16(20(62-26)22(37)38)60-24-8(28-66(40,41)42)15(63-68(46,47)48)14(5(2-29)57-24)59-25-18(64-69(49,50)51)11(33)10(32)17(61-25)21(35)36;3-1(4)2(5)6;;/h5-20,23-26,28-29,31-34,39H,2-3H2,1H3,(H,27,30)(H,35,36)(H,37,38)(H,40,41,42)(H,43,44,45)(H,46,47,48)(H,49,50,51)(H,52,53,54);5-6H,(H,3,4);;/t5-,6+,7-,8-,9-,10-,11-,12+,13-,14-,15-,16+,17-,18+,19-,20+,23-,24+,25+,26-;;;/m1.../s1. The van der Waals surface area contributed by atoms with Gasteiger partial charge >= 0.3 is 99.5 Å². The first-order valence-electron chi connectivity index (χ1n) is 19.5. The summed E-state index contributed by atoms with van der Waals surface area (Å²) in [6.45, 7) is -2.24. The van der Waals surface area contributed by atoms with E-state index in [4.69, 9.17) is 42.8 Å². The molecule has 42 nitrogen and oxygen atoms in total. The zero-order valence-electron chi connectivity index (χ0n) is 36.8. The van der Waals surface area contributed by atoms with E-state index in [-0.39, 0.29) is 29.6 Å². The molecule has 0 saturated carbocycles. The van der Waals surface area contributed by atoms with Crippen LogP contribution in [0.2, 0.25) is 0 Å². The van der Waals surface area contributed by atoms with Crippen LogP contribution in [0.3, 0.4) is 0 Å². The van der Waals surface area contributed by atoms with Gasteiger partial charge in [-0.05, 0) is 25.6 Å². The summed E-state index contributed by atoms with van der Waals surface area (Å²) in [5, 5.41) is 93.7. The van der Waals surface area contributed by atoms with Crippen molar-refractivity contribution in [3.05, 3.63) is 0 Å². The quantitative estimate of drug-likeness (QED) is 0.0288. The van der Waals surface area contributed by atoms with Crippen LogP contribution in [0, 0.1) is 0 Å². The van der Waals surface area contributed by atoms with E-state index < -0.39 is 212 Å². The first-order valence-corrected chi connectivity index (χ1v) is 27.2. The number of hydrogen-bond donors (Lipinski definition) is 18. The predicted octanol–water partition coefficient (Wildman–Crippen LogP) is -10.7. The van der Waals surface area contributed by atoms with Crippen molar-refractivity contribution in [2.45, 2.75) is 130 Å². The van der Waals surface area contributed by atoms with Crippen molar-refractivity contribution in [2.75, 3.05) is 13.2 Å². The summed E-state index contributed by atoms with van der Waals surface area (Å²) in [4.78, 5) is 45.9. The van der Waals surface area contributed by atoms with Crippen LogP contribution in [0.4, 0.5) is 4.79 Å². The summed E-state index contributed by atoms with van der Waals surface area (Å²) < 4.78 is 223. The molecule has 16 N–H and O–H groups in total. The minimum atomic E-state index is -6.09. The van der Waals surface area contributed by atoms with Gasteiger partial charge in [0.2, 0.25) is 5.91 Å². The monoisotopic (exact) mass is 1280 g/mol. The zero-order valence-corrected chi connectivity index (χ0v) is 42.7. The summed E-state index contributed by atoms with van der Waals surface area (Å²) in [5.74, 6) is -5.49. The van der Waals surface area contributed by atoms with Gasteiger partial charge in [0.25, 0.3) is 0 Å². The number of nitrogens with one attached hydrogen (secondary N) is 2. The Bertz CT molecular complexity index is 2620. The molecule has 0 aromatic carbocycles. The number of aliphatic hydroxyl groups is 6. The third kappa shape index (κ3) is 21.5. The second kappa shape index (κ2) is 28.5. The van der Waals surface area contributed by atoms with E-state index in [1.165, 1.54) is 4.72 Å². The molecule has 0 unspecified atom stereocenters. The minimum absolute atomic E-state index is 0. The number of aliphatic carboxylic acids is 2. The number of ether oxygens (including phenoxy) is 7. The molecule has 0 aliphatic carbocycles. The van der Waals surface area contributed by atoms with Gasteiger partial charge in [0.15, 0.2) is 49.6 Å². The molecule has 2 amide bonds. The van der Waals surface area contributed by atoms with Crippen molar-refractivity contribution in [1.29, 1.82) is 0 Å². The number of rotatable bonds is 21. The van der Waals surface area contributed by atoms with Crippen molar-refractivity contribution in [3.8, 4) is 0 Å². The van der Waals surface area contributed by atoms with Gasteiger partial charge in [0.1, 0.15) is 73.1 Å². The first-order chi connectivity index (χ1) is 34.4. The molecule has 0 aromatic rings. The third-order valence-corrected chi connectivity index (χ3v) is 12.6. The molecule has 50 heteroatoms. The second-order valence-corrected chi connectivity index (χ2v) is 21.7. The van der Waals surface area contributed by atoms with Crippen LogP contribution in [0.5, 0.6) is 0 Å². The molecule has 4 aliphatic heterocycles. The molecule has 0 radical (unpaired) electrons. The summed E-state index contributed by atoms with van der Waals surface area (Å²) >= 11 is 6.58. The van der Waals surface area contributed by atoms with Gasteiger partial charge in [0.05, 0.1) is 13.2 Å². The molecule has 20 atom stereocenters. The van der Waals surface area contributed by atoms with Crippen LogP contribution in [0.25, 0.3) is 0 Å². The second-order valence-electron chi connectivity index (χ2n) is 15.2. The summed E-state index contributed by atoms with van der Waals surface area (Å²) in [6.07, 6.45) is -50.3. The number of aliphatic hydroxyl groups excluding tert-OH is 6. The molecule has 4 rings (SSSR count). The Morgan fingerprint density at radius 2 is 0.987 bits per heavy atom. The van der Waals surface area contributed by atoms with Gasteiger partial charge in [-0.3, -0.25) is 27.6 Å². The van der Waals surface area contributed by atoms with Crippen LogP contribution in [-0.2, 0) is 116 Å². The Morgan fingerprint density at radius 1 is 0.545 bits per heavy atom. The molecule has 0 aromatic heterocycles. The zero-order chi connectivity index (χ0) is 58.5. The average molecular weight is 1280 g/mol. The number of carboxylic acid groups (broad SMARTS) is 3. The number of amides is 2. The molecule has 77 heavy (non-hydrogen) atoms. The molecule has 4 heterocycles. The predicted molar refractivity (Wildman–Crippen MR) is 236 cm³/mol. The van der Waals surface area contributed by atoms with Gasteiger partial charge in [-0.2, -0.15) is 50.5 Å². The van der Waals surface area contributed by atoms with Crippen molar-refractivity contribution in [2.24, 2.45) is 0 Å². The number of nitrogens with zero attached hydrogens (tertiary/aromatic N) is 1. The van der Waals surface area contributed by atoms with E-state index in [2.05, 4.69) is 42.4 Å². The summed E-state index contributed by atoms with van der Waals surface area (Å²) in [7, 11) is -29.1. The molecule has 4 saturated heterocycles. The molecule has 4 aliphatic rings. The van der Waals surface area contributed by atoms with Crippen LogP contribution in [-0.4, -0.2) is 304 Å². The summed E-state index contributed by atoms with van der Waals surface area (Å²) in [5.41, 5.74) is 0. The van der Waals surface area contributed by atoms with E-state index in [0.717, 1.165) is 6.92 Å². The van der Waals surface area contributed by atoms with Crippen LogP contribution in [0.15, 0.2) is 0 Å². The SMILES string of the molecule is CC(=O)N[C@@H]1[C@@H](O)[C@H](O[C@@H]2O[C@H](C(=O)O)[C@@H](O[C@@H]3O[C@H](CO)[C@@H](O[C@H]4O[C@@H](C(=O)O)[C@H](O)[C@@H](O)[C@@H]4OS(=O)(=O)O)[C@H](OS(=O)(=O)O)[C@H]3NS(=O)(=O)O)[C@H](O)[C@H]2OS(=O)(=O)O)[C@H](COS(=O)(=O)O)O[C@H]1O.O=C(O)N(S)S.[NaH]. The molecule has 446 valence electrons. The van der Waals surface area contributed by atoms with E-state index in [0.29, 0.717) is 3.71 Å². The molecular weight excluding hydrogens is 1240 g/mol. The molecule has 0 bridgehead atoms. The van der Waals surface area contributed by atoms with Crippen molar-refractivity contribution < 1.29 is 180 Å². The van der Waals surface area contributed by atoms with Gasteiger partial charge < -0.3 is 84.4 Å². The molecular formula is C27H46N3NaO39S7. The maximum absolute atomic E-state index is 12.7. The van der Waals surface area contributed by atoms with Crippen LogP contribution >= 0.6 is 25.6 Å². The number of hydrogen-bond acceptors (Lipinski definition) is 33. The van der Waals surface area contributed by atoms with E-state index in [9.17, 15) is 120 Å². The third-order valence-electron chi connectivity index (χ3n) is 9.85. The topological polar surface area (TPSA) is 651 Å². The Kier molecular flexibility index (Phi) is 26.4. The van der Waals surface area contributed by atoms with Gasteiger partial charge in [0, 0.05) is 6.92 Å². The van der Waals surface area contributed by atoms with Gasteiger partial charge in [-0.15, -0.1) is 0 Å². The summed E-state index contributed by atoms with van der Waals surface area (Å²) in [6, 6.07) is -4.96. The normalized spacial score (nSPS) is 36.2. The number of thiol groups is 2.